The van der Waals surface area contributed by atoms with Crippen LogP contribution in [0.2, 0.25) is 0 Å². The van der Waals surface area contributed by atoms with Crippen molar-refractivity contribution in [3.05, 3.63) is 29.8 Å². The quantitative estimate of drug-likeness (QED) is 0.710. The van der Waals surface area contributed by atoms with Crippen LogP contribution in [0.15, 0.2) is 24.3 Å². The third-order valence-corrected chi connectivity index (χ3v) is 2.87. The fraction of sp³-hybridized carbons (Fsp3) is 0.417. The first kappa shape index (κ1) is 11.0. The van der Waals surface area contributed by atoms with Gasteiger partial charge in [-0.3, -0.25) is 4.79 Å². The summed E-state index contributed by atoms with van der Waals surface area (Å²) >= 11 is 0. The maximum atomic E-state index is 11.0. The molecule has 1 amide bonds. The number of phenolic OH excluding ortho intramolecular Hbond substituents is 1. The maximum absolute atomic E-state index is 11.0. The van der Waals surface area contributed by atoms with Gasteiger partial charge in [-0.2, -0.15) is 0 Å². The molecule has 1 aliphatic heterocycles. The van der Waals surface area contributed by atoms with Gasteiger partial charge in [0.1, 0.15) is 5.75 Å². The molecule has 0 aromatic heterocycles. The Bertz CT molecular complexity index is 392. The van der Waals surface area contributed by atoms with Crippen LogP contribution in [0.1, 0.15) is 24.9 Å². The standard InChI is InChI=1S/C12H16N2O2/c1-8(10-4-2-3-5-11(10)15)14-9-6-12(16)13-7-9/h2-5,8-9,14-15H,6-7H2,1H3,(H,13,16). The molecule has 86 valence electrons. The van der Waals surface area contributed by atoms with E-state index in [4.69, 9.17) is 0 Å². The van der Waals surface area contributed by atoms with E-state index >= 15 is 0 Å². The summed E-state index contributed by atoms with van der Waals surface area (Å²) in [5.74, 6) is 0.377. The Morgan fingerprint density at radius 1 is 1.50 bits per heavy atom. The zero-order chi connectivity index (χ0) is 11.5. The van der Waals surface area contributed by atoms with Gasteiger partial charge in [0, 0.05) is 30.6 Å². The summed E-state index contributed by atoms with van der Waals surface area (Å²) in [6.45, 7) is 2.65. The maximum Gasteiger partial charge on any atom is 0.221 e. The van der Waals surface area contributed by atoms with Crippen molar-refractivity contribution in [1.29, 1.82) is 0 Å². The van der Waals surface area contributed by atoms with E-state index in [0.29, 0.717) is 18.7 Å². The van der Waals surface area contributed by atoms with Crippen LogP contribution in [0.5, 0.6) is 5.75 Å². The van der Waals surface area contributed by atoms with E-state index in [1.165, 1.54) is 0 Å². The molecule has 0 aliphatic carbocycles. The Morgan fingerprint density at radius 2 is 2.25 bits per heavy atom. The van der Waals surface area contributed by atoms with E-state index in [-0.39, 0.29) is 18.0 Å². The molecular formula is C12H16N2O2. The summed E-state index contributed by atoms with van der Waals surface area (Å²) in [4.78, 5) is 11.0. The summed E-state index contributed by atoms with van der Waals surface area (Å²) in [7, 11) is 0. The van der Waals surface area contributed by atoms with Crippen molar-refractivity contribution >= 4 is 5.91 Å². The second kappa shape index (κ2) is 4.53. The molecule has 1 aliphatic rings. The monoisotopic (exact) mass is 220 g/mol. The van der Waals surface area contributed by atoms with Crippen molar-refractivity contribution in [2.24, 2.45) is 0 Å². The number of hydrogen-bond donors (Lipinski definition) is 3. The lowest BCUT2D eigenvalue weighted by molar-refractivity contribution is -0.119. The Kier molecular flexibility index (Phi) is 3.10. The molecule has 0 saturated carbocycles. The van der Waals surface area contributed by atoms with E-state index in [1.54, 1.807) is 12.1 Å². The second-order valence-corrected chi connectivity index (χ2v) is 4.15. The molecule has 2 unspecified atom stereocenters. The number of carbonyl (C=O) groups is 1. The first-order valence-electron chi connectivity index (χ1n) is 5.47. The van der Waals surface area contributed by atoms with E-state index in [0.717, 1.165) is 5.56 Å². The van der Waals surface area contributed by atoms with Crippen molar-refractivity contribution < 1.29 is 9.90 Å². The van der Waals surface area contributed by atoms with Crippen molar-refractivity contribution in [2.75, 3.05) is 6.54 Å². The molecule has 1 aromatic carbocycles. The molecule has 2 rings (SSSR count). The number of para-hydroxylation sites is 1. The van der Waals surface area contributed by atoms with E-state index in [1.807, 2.05) is 19.1 Å². The van der Waals surface area contributed by atoms with Crippen LogP contribution in [-0.2, 0) is 4.79 Å². The van der Waals surface area contributed by atoms with E-state index in [9.17, 15) is 9.90 Å². The molecule has 1 aromatic rings. The molecule has 1 saturated heterocycles. The zero-order valence-corrected chi connectivity index (χ0v) is 9.23. The van der Waals surface area contributed by atoms with Crippen molar-refractivity contribution in [2.45, 2.75) is 25.4 Å². The molecule has 3 N–H and O–H groups in total. The molecule has 4 heteroatoms. The third kappa shape index (κ3) is 2.33. The summed E-state index contributed by atoms with van der Waals surface area (Å²) in [6.07, 6.45) is 0.512. The highest BCUT2D eigenvalue weighted by Crippen LogP contribution is 2.23. The van der Waals surface area contributed by atoms with E-state index in [2.05, 4.69) is 10.6 Å². The fourth-order valence-corrected chi connectivity index (χ4v) is 2.02. The number of amides is 1. The lowest BCUT2D eigenvalue weighted by Gasteiger charge is -2.19. The highest BCUT2D eigenvalue weighted by atomic mass is 16.3. The number of phenols is 1. The first-order valence-corrected chi connectivity index (χ1v) is 5.47. The minimum absolute atomic E-state index is 0.0406. The number of carbonyl (C=O) groups excluding carboxylic acids is 1. The minimum atomic E-state index is 0.0406. The van der Waals surface area contributed by atoms with Gasteiger partial charge in [-0.05, 0) is 13.0 Å². The van der Waals surface area contributed by atoms with Gasteiger partial charge in [0.2, 0.25) is 5.91 Å². The minimum Gasteiger partial charge on any atom is -0.508 e. The van der Waals surface area contributed by atoms with Gasteiger partial charge in [0.25, 0.3) is 0 Å². The van der Waals surface area contributed by atoms with Gasteiger partial charge >= 0.3 is 0 Å². The second-order valence-electron chi connectivity index (χ2n) is 4.15. The number of rotatable bonds is 3. The third-order valence-electron chi connectivity index (χ3n) is 2.87. The van der Waals surface area contributed by atoms with Crippen LogP contribution < -0.4 is 10.6 Å². The zero-order valence-electron chi connectivity index (χ0n) is 9.23. The Hall–Kier alpha value is -1.55. The average Bonchev–Trinajstić information content (AvgIpc) is 2.64. The number of benzene rings is 1. The Morgan fingerprint density at radius 3 is 2.88 bits per heavy atom. The van der Waals surface area contributed by atoms with Gasteiger partial charge in [-0.25, -0.2) is 0 Å². The van der Waals surface area contributed by atoms with Crippen LogP contribution in [0.3, 0.4) is 0 Å². The fourth-order valence-electron chi connectivity index (χ4n) is 2.02. The van der Waals surface area contributed by atoms with Gasteiger partial charge < -0.3 is 15.7 Å². The number of nitrogens with one attached hydrogen (secondary N) is 2. The van der Waals surface area contributed by atoms with Crippen LogP contribution in [-0.4, -0.2) is 23.6 Å². The smallest absolute Gasteiger partial charge is 0.221 e. The predicted molar refractivity (Wildman–Crippen MR) is 61.1 cm³/mol. The van der Waals surface area contributed by atoms with Crippen molar-refractivity contribution in [3.63, 3.8) is 0 Å². The van der Waals surface area contributed by atoms with Crippen molar-refractivity contribution in [1.82, 2.24) is 10.6 Å². The normalized spacial score (nSPS) is 21.8. The summed E-state index contributed by atoms with van der Waals surface area (Å²) < 4.78 is 0. The van der Waals surface area contributed by atoms with Crippen LogP contribution in [0.4, 0.5) is 0 Å². The molecule has 1 fully saturated rings. The van der Waals surface area contributed by atoms with Crippen molar-refractivity contribution in [3.8, 4) is 5.75 Å². The van der Waals surface area contributed by atoms with Gasteiger partial charge in [0.05, 0.1) is 0 Å². The lowest BCUT2D eigenvalue weighted by atomic mass is 10.1. The molecular weight excluding hydrogens is 204 g/mol. The predicted octanol–water partition coefficient (Wildman–Crippen LogP) is 0.931. The Balaban J connectivity index is 2.00. The first-order chi connectivity index (χ1) is 7.66. The topological polar surface area (TPSA) is 61.4 Å². The van der Waals surface area contributed by atoms with Gasteiger partial charge in [0.15, 0.2) is 0 Å². The average molecular weight is 220 g/mol. The summed E-state index contributed by atoms with van der Waals surface area (Å²) in [5, 5.41) is 15.8. The van der Waals surface area contributed by atoms with Gasteiger partial charge in [-0.1, -0.05) is 18.2 Å². The van der Waals surface area contributed by atoms with E-state index < -0.39 is 0 Å². The molecule has 4 nitrogen and oxygen atoms in total. The van der Waals surface area contributed by atoms with Crippen LogP contribution in [0, 0.1) is 0 Å². The molecule has 0 radical (unpaired) electrons. The largest absolute Gasteiger partial charge is 0.508 e. The molecule has 16 heavy (non-hydrogen) atoms. The highest BCUT2D eigenvalue weighted by molar-refractivity contribution is 5.78. The number of hydrogen-bond acceptors (Lipinski definition) is 3. The highest BCUT2D eigenvalue weighted by Gasteiger charge is 2.23. The summed E-state index contributed by atoms with van der Waals surface area (Å²) in [6, 6.07) is 7.45. The molecule has 2 atom stereocenters. The Labute approximate surface area is 94.7 Å². The van der Waals surface area contributed by atoms with Crippen LogP contribution in [0.25, 0.3) is 0 Å². The van der Waals surface area contributed by atoms with Crippen LogP contribution >= 0.6 is 0 Å². The number of aromatic hydroxyl groups is 1. The lowest BCUT2D eigenvalue weighted by Crippen LogP contribution is -2.33. The summed E-state index contributed by atoms with van der Waals surface area (Å²) in [5.41, 5.74) is 0.863. The molecule has 0 spiro atoms. The molecule has 1 heterocycles. The SMILES string of the molecule is CC(NC1CNC(=O)C1)c1ccccc1O. The molecule has 0 bridgehead atoms. The van der Waals surface area contributed by atoms with Gasteiger partial charge in [-0.15, -0.1) is 0 Å².